The molecule has 0 bridgehead atoms. The van der Waals surface area contributed by atoms with Gasteiger partial charge in [-0.2, -0.15) is 0 Å². The number of nitrogens with zero attached hydrogens (tertiary/aromatic N) is 3. The number of aliphatic hydroxyl groups is 1. The Morgan fingerprint density at radius 2 is 2.42 bits per heavy atom. The molecule has 2 unspecified atom stereocenters. The number of aromatic nitrogens is 2. The lowest BCUT2D eigenvalue weighted by molar-refractivity contribution is -0.146. The topological polar surface area (TPSA) is 67.6 Å². The van der Waals surface area contributed by atoms with Gasteiger partial charge in [0.05, 0.1) is 25.2 Å². The number of esters is 1. The van der Waals surface area contributed by atoms with Crippen molar-refractivity contribution in [3.05, 3.63) is 18.2 Å². The number of ether oxygens (including phenoxy) is 1. The Labute approximate surface area is 113 Å². The van der Waals surface area contributed by atoms with Gasteiger partial charge in [0.2, 0.25) is 0 Å². The van der Waals surface area contributed by atoms with Gasteiger partial charge in [-0.1, -0.05) is 6.92 Å². The Morgan fingerprint density at radius 3 is 3.11 bits per heavy atom. The van der Waals surface area contributed by atoms with Gasteiger partial charge < -0.3 is 14.4 Å². The van der Waals surface area contributed by atoms with Crippen LogP contribution in [0.15, 0.2) is 12.5 Å². The average molecular weight is 267 g/mol. The second-order valence-corrected chi connectivity index (χ2v) is 4.94. The van der Waals surface area contributed by atoms with Crippen molar-refractivity contribution in [2.75, 3.05) is 13.7 Å². The lowest BCUT2D eigenvalue weighted by Crippen LogP contribution is -2.36. The summed E-state index contributed by atoms with van der Waals surface area (Å²) in [5, 5.41) is 9.74. The minimum atomic E-state index is -0.466. The molecule has 1 aromatic rings. The van der Waals surface area contributed by atoms with Crippen LogP contribution in [0.5, 0.6) is 0 Å². The van der Waals surface area contributed by atoms with Crippen molar-refractivity contribution in [1.82, 2.24) is 14.5 Å². The van der Waals surface area contributed by atoms with Crippen molar-refractivity contribution in [3.8, 4) is 0 Å². The molecule has 0 amide bonds. The molecule has 1 saturated heterocycles. The summed E-state index contributed by atoms with van der Waals surface area (Å²) >= 11 is 0. The Balaban J connectivity index is 2.07. The van der Waals surface area contributed by atoms with E-state index in [1.807, 2.05) is 11.1 Å². The molecule has 0 aromatic carbocycles. The fourth-order valence-electron chi connectivity index (χ4n) is 2.57. The minimum Gasteiger partial charge on any atom is -0.468 e. The van der Waals surface area contributed by atoms with Crippen LogP contribution in [-0.4, -0.2) is 51.3 Å². The van der Waals surface area contributed by atoms with Gasteiger partial charge in [-0.3, -0.25) is 9.69 Å². The third-order valence-corrected chi connectivity index (χ3v) is 3.48. The predicted molar refractivity (Wildman–Crippen MR) is 69.4 cm³/mol. The van der Waals surface area contributed by atoms with Crippen LogP contribution in [0.3, 0.4) is 0 Å². The molecule has 2 heterocycles. The highest BCUT2D eigenvalue weighted by Gasteiger charge is 2.36. The smallest absolute Gasteiger partial charge is 0.323 e. The summed E-state index contributed by atoms with van der Waals surface area (Å²) in [6.45, 7) is 4.13. The standard InChI is InChI=1S/C13H21N3O3/c1-3-4-15-9-14-6-10(15)7-16-8-11(17)5-12(16)13(18)19-2/h6,9,11-12,17H,3-5,7-8H2,1-2H3. The summed E-state index contributed by atoms with van der Waals surface area (Å²) in [6, 6.07) is -0.357. The zero-order valence-corrected chi connectivity index (χ0v) is 11.5. The van der Waals surface area contributed by atoms with E-state index in [1.54, 1.807) is 6.33 Å². The Hall–Kier alpha value is -1.40. The van der Waals surface area contributed by atoms with Crippen molar-refractivity contribution in [2.24, 2.45) is 0 Å². The fourth-order valence-corrected chi connectivity index (χ4v) is 2.57. The molecule has 2 rings (SSSR count). The molecule has 1 aliphatic heterocycles. The molecule has 0 aliphatic carbocycles. The van der Waals surface area contributed by atoms with Crippen molar-refractivity contribution >= 4 is 5.97 Å². The summed E-state index contributed by atoms with van der Waals surface area (Å²) in [7, 11) is 1.38. The van der Waals surface area contributed by atoms with E-state index in [2.05, 4.69) is 16.5 Å². The lowest BCUT2D eigenvalue weighted by Gasteiger charge is -2.22. The third kappa shape index (κ3) is 3.13. The van der Waals surface area contributed by atoms with Gasteiger partial charge in [-0.15, -0.1) is 0 Å². The number of β-amino-alcohol motifs (C(OH)–C–C–N with tert-alkyl or cyclic N) is 1. The maximum absolute atomic E-state index is 11.7. The number of aryl methyl sites for hydroxylation is 1. The van der Waals surface area contributed by atoms with Crippen molar-refractivity contribution in [2.45, 2.75) is 45.0 Å². The highest BCUT2D eigenvalue weighted by molar-refractivity contribution is 5.76. The van der Waals surface area contributed by atoms with Gasteiger partial charge in [0, 0.05) is 32.3 Å². The van der Waals surface area contributed by atoms with E-state index >= 15 is 0 Å². The zero-order valence-electron chi connectivity index (χ0n) is 11.5. The summed E-state index contributed by atoms with van der Waals surface area (Å²) in [5.41, 5.74) is 1.06. The number of hydrogen-bond donors (Lipinski definition) is 1. The molecular weight excluding hydrogens is 246 g/mol. The summed E-state index contributed by atoms with van der Waals surface area (Å²) in [4.78, 5) is 17.8. The van der Waals surface area contributed by atoms with Gasteiger partial charge in [0.25, 0.3) is 0 Å². The van der Waals surface area contributed by atoms with Crippen LogP contribution < -0.4 is 0 Å². The molecule has 0 saturated carbocycles. The van der Waals surface area contributed by atoms with Gasteiger partial charge in [0.15, 0.2) is 0 Å². The first-order valence-electron chi connectivity index (χ1n) is 6.64. The van der Waals surface area contributed by atoms with E-state index in [0.717, 1.165) is 18.7 Å². The van der Waals surface area contributed by atoms with E-state index in [1.165, 1.54) is 7.11 Å². The molecule has 106 valence electrons. The number of carbonyl (C=O) groups is 1. The fraction of sp³-hybridized carbons (Fsp3) is 0.692. The van der Waals surface area contributed by atoms with Crippen LogP contribution in [0.25, 0.3) is 0 Å². The Kier molecular flexibility index (Phi) is 4.55. The number of likely N-dealkylation sites (tertiary alicyclic amines) is 1. The first kappa shape index (κ1) is 14.0. The maximum Gasteiger partial charge on any atom is 0.323 e. The molecule has 2 atom stereocenters. The first-order valence-corrected chi connectivity index (χ1v) is 6.64. The largest absolute Gasteiger partial charge is 0.468 e. The predicted octanol–water partition coefficient (Wildman–Crippen LogP) is 0.401. The zero-order chi connectivity index (χ0) is 13.8. The van der Waals surface area contributed by atoms with E-state index < -0.39 is 6.10 Å². The monoisotopic (exact) mass is 267 g/mol. The number of imidazole rings is 1. The lowest BCUT2D eigenvalue weighted by atomic mass is 10.2. The average Bonchev–Trinajstić information content (AvgIpc) is 2.97. The quantitative estimate of drug-likeness (QED) is 0.782. The molecule has 0 spiro atoms. The number of carbonyl (C=O) groups excluding carboxylic acids is 1. The number of rotatable bonds is 5. The molecule has 1 aromatic heterocycles. The maximum atomic E-state index is 11.7. The summed E-state index contributed by atoms with van der Waals surface area (Å²) < 4.78 is 6.88. The molecule has 1 N–H and O–H groups in total. The van der Waals surface area contributed by atoms with Gasteiger partial charge in [-0.25, -0.2) is 4.98 Å². The van der Waals surface area contributed by atoms with E-state index in [-0.39, 0.29) is 12.0 Å². The SMILES string of the molecule is CCCn1cncc1CN1CC(O)CC1C(=O)OC. The Morgan fingerprint density at radius 1 is 1.63 bits per heavy atom. The van der Waals surface area contributed by atoms with E-state index in [9.17, 15) is 9.90 Å². The molecule has 0 radical (unpaired) electrons. The van der Waals surface area contributed by atoms with E-state index in [4.69, 9.17) is 4.74 Å². The highest BCUT2D eigenvalue weighted by atomic mass is 16.5. The highest BCUT2D eigenvalue weighted by Crippen LogP contribution is 2.21. The first-order chi connectivity index (χ1) is 9.15. The molecular formula is C13H21N3O3. The van der Waals surface area contributed by atoms with Crippen molar-refractivity contribution in [1.29, 1.82) is 0 Å². The number of hydrogen-bond acceptors (Lipinski definition) is 5. The van der Waals surface area contributed by atoms with Gasteiger partial charge in [-0.05, 0) is 6.42 Å². The second-order valence-electron chi connectivity index (χ2n) is 4.94. The van der Waals surface area contributed by atoms with Crippen LogP contribution >= 0.6 is 0 Å². The van der Waals surface area contributed by atoms with Crippen molar-refractivity contribution in [3.63, 3.8) is 0 Å². The second kappa shape index (κ2) is 6.16. The number of aliphatic hydroxyl groups excluding tert-OH is 1. The summed E-state index contributed by atoms with van der Waals surface area (Å²) in [6.07, 6.45) is 4.63. The van der Waals surface area contributed by atoms with Gasteiger partial charge >= 0.3 is 5.97 Å². The van der Waals surface area contributed by atoms with Crippen LogP contribution in [0, 0.1) is 0 Å². The van der Waals surface area contributed by atoms with Crippen molar-refractivity contribution < 1.29 is 14.6 Å². The van der Waals surface area contributed by atoms with Crippen LogP contribution in [0.2, 0.25) is 0 Å². The molecule has 6 nitrogen and oxygen atoms in total. The molecule has 1 aliphatic rings. The number of methoxy groups -OCH3 is 1. The van der Waals surface area contributed by atoms with E-state index in [0.29, 0.717) is 19.5 Å². The van der Waals surface area contributed by atoms with Crippen LogP contribution in [0.4, 0.5) is 0 Å². The molecule has 6 heteroatoms. The normalized spacial score (nSPS) is 23.7. The molecule has 19 heavy (non-hydrogen) atoms. The van der Waals surface area contributed by atoms with Crippen LogP contribution in [-0.2, 0) is 22.6 Å². The summed E-state index contributed by atoms with van der Waals surface area (Å²) in [5.74, 6) is -0.280. The molecule has 1 fully saturated rings. The third-order valence-electron chi connectivity index (χ3n) is 3.48. The van der Waals surface area contributed by atoms with Crippen LogP contribution in [0.1, 0.15) is 25.5 Å². The Bertz CT molecular complexity index is 433. The minimum absolute atomic E-state index is 0.280. The van der Waals surface area contributed by atoms with Gasteiger partial charge in [0.1, 0.15) is 6.04 Å².